The molecule has 0 aliphatic carbocycles. The lowest BCUT2D eigenvalue weighted by Gasteiger charge is -2.32. The molecule has 1 fully saturated rings. The van der Waals surface area contributed by atoms with Gasteiger partial charge in [-0.1, -0.05) is 55.1 Å². The van der Waals surface area contributed by atoms with E-state index in [1.807, 2.05) is 67.8 Å². The fraction of sp³-hybridized carbons (Fsp3) is 0.219. The van der Waals surface area contributed by atoms with Crippen molar-refractivity contribution in [1.29, 1.82) is 0 Å². The van der Waals surface area contributed by atoms with Gasteiger partial charge in [0.15, 0.2) is 0 Å². The number of hydrogen-bond donors (Lipinski definition) is 1. The number of benzene rings is 3. The van der Waals surface area contributed by atoms with Crippen LogP contribution < -0.4 is 10.1 Å². The van der Waals surface area contributed by atoms with Crippen LogP contribution in [-0.2, 0) is 18.3 Å². The summed E-state index contributed by atoms with van der Waals surface area (Å²) >= 11 is 0. The van der Waals surface area contributed by atoms with Crippen molar-refractivity contribution in [3.8, 4) is 16.9 Å². The molecular weight excluding hydrogens is 488 g/mol. The first-order valence-electron chi connectivity index (χ1n) is 13.1. The molecule has 1 saturated heterocycles. The van der Waals surface area contributed by atoms with Crippen LogP contribution in [0.4, 0.5) is 5.69 Å². The quantitative estimate of drug-likeness (QED) is 0.312. The molecule has 198 valence electrons. The number of aryl methyl sites for hydroxylation is 1. The summed E-state index contributed by atoms with van der Waals surface area (Å²) in [6.07, 6.45) is 7.24. The van der Waals surface area contributed by atoms with E-state index < -0.39 is 0 Å². The molecule has 1 atom stereocenters. The summed E-state index contributed by atoms with van der Waals surface area (Å²) < 4.78 is 8.14. The second-order valence-electron chi connectivity index (χ2n) is 9.80. The molecule has 2 heterocycles. The third-order valence-electron chi connectivity index (χ3n) is 6.89. The van der Waals surface area contributed by atoms with Crippen LogP contribution in [0.1, 0.15) is 34.3 Å². The zero-order chi connectivity index (χ0) is 27.2. The summed E-state index contributed by atoms with van der Waals surface area (Å²) in [7, 11) is 1.86. The van der Waals surface area contributed by atoms with E-state index in [2.05, 4.69) is 29.1 Å². The summed E-state index contributed by atoms with van der Waals surface area (Å²) in [4.78, 5) is 27.4. The van der Waals surface area contributed by atoms with Crippen LogP contribution in [0.5, 0.6) is 5.75 Å². The average Bonchev–Trinajstić information content (AvgIpc) is 3.40. The number of carbonyl (C=O) groups excluding carboxylic acids is 2. The topological polar surface area (TPSA) is 76.5 Å². The molecule has 3 aromatic carbocycles. The number of amides is 2. The average molecular weight is 521 g/mol. The van der Waals surface area contributed by atoms with Gasteiger partial charge in [-0.25, -0.2) is 0 Å². The summed E-state index contributed by atoms with van der Waals surface area (Å²) in [6, 6.07) is 23.7. The van der Waals surface area contributed by atoms with Gasteiger partial charge >= 0.3 is 0 Å². The maximum Gasteiger partial charge on any atom is 0.259 e. The van der Waals surface area contributed by atoms with Crippen LogP contribution in [0.25, 0.3) is 11.1 Å². The molecule has 5 rings (SSSR count). The zero-order valence-corrected chi connectivity index (χ0v) is 22.0. The molecule has 1 aliphatic rings. The van der Waals surface area contributed by atoms with Crippen molar-refractivity contribution in [2.45, 2.75) is 25.4 Å². The first-order valence-corrected chi connectivity index (χ1v) is 13.1. The highest BCUT2D eigenvalue weighted by Gasteiger charge is 2.25. The Morgan fingerprint density at radius 3 is 2.54 bits per heavy atom. The standard InChI is InChI=1S/C32H32N4O3/c1-3-31(37)36-17-7-10-28(22-36)39-30-19-25(26-20-33-35(2)21-26)13-16-29(30)32(38)34-27-14-11-24(12-15-27)18-23-8-5-4-6-9-23/h3-6,8-9,11-16,19-21,28H,1,7,10,17-18,22H2,2H3,(H,34,38)/t28-/m1/s1. The summed E-state index contributed by atoms with van der Waals surface area (Å²) in [6.45, 7) is 4.73. The van der Waals surface area contributed by atoms with Crippen LogP contribution in [0.15, 0.2) is 97.8 Å². The molecule has 0 radical (unpaired) electrons. The molecule has 0 bridgehead atoms. The fourth-order valence-corrected chi connectivity index (χ4v) is 4.84. The highest BCUT2D eigenvalue weighted by Crippen LogP contribution is 2.30. The van der Waals surface area contributed by atoms with Gasteiger partial charge in [0.2, 0.25) is 5.91 Å². The second kappa shape index (κ2) is 11.8. The highest BCUT2D eigenvalue weighted by atomic mass is 16.5. The Morgan fingerprint density at radius 2 is 1.82 bits per heavy atom. The maximum atomic E-state index is 13.4. The predicted molar refractivity (Wildman–Crippen MR) is 153 cm³/mol. The molecule has 7 heteroatoms. The van der Waals surface area contributed by atoms with Crippen molar-refractivity contribution in [3.63, 3.8) is 0 Å². The van der Waals surface area contributed by atoms with Crippen molar-refractivity contribution in [2.75, 3.05) is 18.4 Å². The minimum absolute atomic E-state index is 0.110. The van der Waals surface area contributed by atoms with Gasteiger partial charge in [0.25, 0.3) is 5.91 Å². The van der Waals surface area contributed by atoms with E-state index >= 15 is 0 Å². The Morgan fingerprint density at radius 1 is 1.05 bits per heavy atom. The lowest BCUT2D eigenvalue weighted by molar-refractivity contribution is -0.128. The third-order valence-corrected chi connectivity index (χ3v) is 6.89. The van der Waals surface area contributed by atoms with E-state index in [9.17, 15) is 9.59 Å². The largest absolute Gasteiger partial charge is 0.488 e. The van der Waals surface area contributed by atoms with Gasteiger partial charge in [-0.15, -0.1) is 0 Å². The second-order valence-corrected chi connectivity index (χ2v) is 9.80. The minimum atomic E-state index is -0.256. The number of likely N-dealkylation sites (tertiary alicyclic amines) is 1. The lowest BCUT2D eigenvalue weighted by atomic mass is 10.0. The Labute approximate surface area is 228 Å². The van der Waals surface area contributed by atoms with E-state index in [-0.39, 0.29) is 17.9 Å². The van der Waals surface area contributed by atoms with Crippen molar-refractivity contribution < 1.29 is 14.3 Å². The van der Waals surface area contributed by atoms with Crippen LogP contribution in [0, 0.1) is 0 Å². The van der Waals surface area contributed by atoms with Crippen molar-refractivity contribution in [1.82, 2.24) is 14.7 Å². The monoisotopic (exact) mass is 520 g/mol. The number of nitrogens with zero attached hydrogens (tertiary/aromatic N) is 3. The first-order chi connectivity index (χ1) is 19.0. The van der Waals surface area contributed by atoms with Gasteiger partial charge in [0.05, 0.1) is 18.3 Å². The normalized spacial score (nSPS) is 15.0. The summed E-state index contributed by atoms with van der Waals surface area (Å²) in [5, 5.41) is 7.28. The van der Waals surface area contributed by atoms with Crippen molar-refractivity contribution >= 4 is 17.5 Å². The molecule has 7 nitrogen and oxygen atoms in total. The molecular formula is C32H32N4O3. The first kappa shape index (κ1) is 26.0. The number of rotatable bonds is 8. The van der Waals surface area contributed by atoms with Gasteiger partial charge in [-0.05, 0) is 66.3 Å². The molecule has 1 N–H and O–H groups in total. The van der Waals surface area contributed by atoms with Crippen molar-refractivity contribution in [3.05, 3.63) is 115 Å². The maximum absolute atomic E-state index is 13.4. The van der Waals surface area contributed by atoms with Crippen LogP contribution in [0.3, 0.4) is 0 Å². The molecule has 0 unspecified atom stereocenters. The van der Waals surface area contributed by atoms with Crippen LogP contribution >= 0.6 is 0 Å². The van der Waals surface area contributed by atoms with Gasteiger partial charge in [-0.2, -0.15) is 5.10 Å². The Hall–Kier alpha value is -4.65. The number of piperidine rings is 1. The van der Waals surface area contributed by atoms with E-state index in [0.717, 1.165) is 30.4 Å². The fourth-order valence-electron chi connectivity index (χ4n) is 4.84. The number of carbonyl (C=O) groups is 2. The smallest absolute Gasteiger partial charge is 0.259 e. The zero-order valence-electron chi connectivity index (χ0n) is 22.0. The molecule has 0 spiro atoms. The molecule has 2 amide bonds. The van der Waals surface area contributed by atoms with Crippen molar-refractivity contribution in [2.24, 2.45) is 7.05 Å². The van der Waals surface area contributed by atoms with E-state index in [1.54, 1.807) is 21.8 Å². The summed E-state index contributed by atoms with van der Waals surface area (Å²) in [5.74, 6) is 0.113. The number of anilines is 1. The lowest BCUT2D eigenvalue weighted by Crippen LogP contribution is -2.43. The van der Waals surface area contributed by atoms with Crippen LogP contribution in [0.2, 0.25) is 0 Å². The molecule has 1 aliphatic heterocycles. The number of hydrogen-bond acceptors (Lipinski definition) is 4. The number of nitrogens with one attached hydrogen (secondary N) is 1. The molecule has 1 aromatic heterocycles. The predicted octanol–water partition coefficient (Wildman–Crippen LogP) is 5.49. The highest BCUT2D eigenvalue weighted by molar-refractivity contribution is 6.06. The van der Waals surface area contributed by atoms with E-state index in [1.165, 1.54) is 17.2 Å². The van der Waals surface area contributed by atoms with Gasteiger partial charge in [-0.3, -0.25) is 14.3 Å². The van der Waals surface area contributed by atoms with Gasteiger partial charge < -0.3 is 15.0 Å². The van der Waals surface area contributed by atoms with Gasteiger partial charge in [0, 0.05) is 31.0 Å². The molecule has 39 heavy (non-hydrogen) atoms. The van der Waals surface area contributed by atoms with Crippen LogP contribution in [-0.4, -0.2) is 45.7 Å². The van der Waals surface area contributed by atoms with E-state index in [0.29, 0.717) is 30.1 Å². The number of aromatic nitrogens is 2. The Kier molecular flexibility index (Phi) is 7.87. The molecule has 4 aromatic rings. The Bertz CT molecular complexity index is 1460. The SMILES string of the molecule is C=CC(=O)N1CCC[C@@H](Oc2cc(-c3cnn(C)c3)ccc2C(=O)Nc2ccc(Cc3ccccc3)cc2)C1. The molecule has 0 saturated carbocycles. The summed E-state index contributed by atoms with van der Waals surface area (Å²) in [5.41, 5.74) is 5.37. The number of ether oxygens (including phenoxy) is 1. The third kappa shape index (κ3) is 6.44. The van der Waals surface area contributed by atoms with E-state index in [4.69, 9.17) is 4.74 Å². The Balaban J connectivity index is 1.36. The minimum Gasteiger partial charge on any atom is -0.488 e. The van der Waals surface area contributed by atoms with Gasteiger partial charge in [0.1, 0.15) is 11.9 Å².